The van der Waals surface area contributed by atoms with E-state index in [0.29, 0.717) is 22.7 Å². The van der Waals surface area contributed by atoms with Gasteiger partial charge in [0, 0.05) is 11.9 Å². The first-order valence-electron chi connectivity index (χ1n) is 11.0. The van der Waals surface area contributed by atoms with Crippen LogP contribution in [0, 0.1) is 0 Å². The van der Waals surface area contributed by atoms with Gasteiger partial charge in [0.1, 0.15) is 5.75 Å². The first-order chi connectivity index (χ1) is 16.9. The maximum atomic E-state index is 12.9. The van der Waals surface area contributed by atoms with Gasteiger partial charge in [0.25, 0.3) is 10.0 Å². The summed E-state index contributed by atoms with van der Waals surface area (Å²) in [5.74, 6) is -0.0232. The Morgan fingerprint density at radius 1 is 1.03 bits per heavy atom. The highest BCUT2D eigenvalue weighted by Gasteiger charge is 2.15. The van der Waals surface area contributed by atoms with Crippen LogP contribution in [0.3, 0.4) is 0 Å². The maximum Gasteiger partial charge on any atom is 0.343 e. The highest BCUT2D eigenvalue weighted by atomic mass is 32.2. The minimum absolute atomic E-state index is 0.152. The number of rotatable bonds is 8. The van der Waals surface area contributed by atoms with Crippen LogP contribution in [0.15, 0.2) is 106 Å². The Labute approximate surface area is 208 Å². The number of nitrogens with zero attached hydrogens (tertiary/aromatic N) is 2. The molecule has 1 aromatic heterocycles. The molecule has 0 radical (unpaired) electrons. The van der Waals surface area contributed by atoms with Crippen molar-refractivity contribution in [3.63, 3.8) is 0 Å². The maximum absolute atomic E-state index is 12.9. The van der Waals surface area contributed by atoms with E-state index in [0.717, 1.165) is 23.2 Å². The van der Waals surface area contributed by atoms with Gasteiger partial charge in [-0.1, -0.05) is 43.3 Å². The van der Waals surface area contributed by atoms with E-state index in [2.05, 4.69) is 11.0 Å². The van der Waals surface area contributed by atoms with Crippen LogP contribution in [0.25, 0.3) is 11.3 Å². The van der Waals surface area contributed by atoms with Crippen LogP contribution in [0.5, 0.6) is 5.75 Å². The van der Waals surface area contributed by atoms with Crippen LogP contribution in [0.1, 0.15) is 22.8 Å². The van der Waals surface area contributed by atoms with Crippen molar-refractivity contribution in [3.05, 3.63) is 113 Å². The third-order valence-electron chi connectivity index (χ3n) is 5.31. The highest BCUT2D eigenvalue weighted by molar-refractivity contribution is 7.90. The second-order valence-corrected chi connectivity index (χ2v) is 10.1. The molecule has 178 valence electrons. The summed E-state index contributed by atoms with van der Waals surface area (Å²) >= 11 is 1.24. The van der Waals surface area contributed by atoms with Crippen LogP contribution in [0.2, 0.25) is 0 Å². The Morgan fingerprint density at radius 3 is 2.34 bits per heavy atom. The molecule has 0 unspecified atom stereocenters. The Balaban J connectivity index is 1.63. The number of carbonyl (C=O) groups excluding carboxylic acids is 1. The zero-order valence-electron chi connectivity index (χ0n) is 19.1. The number of thiazole rings is 1. The first-order valence-corrected chi connectivity index (χ1v) is 13.3. The van der Waals surface area contributed by atoms with Crippen molar-refractivity contribution >= 4 is 27.3 Å². The van der Waals surface area contributed by atoms with E-state index in [1.54, 1.807) is 71.3 Å². The average molecular weight is 505 g/mol. The molecule has 35 heavy (non-hydrogen) atoms. The number of carbonyl (C=O) groups is 1. The van der Waals surface area contributed by atoms with E-state index < -0.39 is 16.0 Å². The number of ether oxygens (including phenoxy) is 1. The minimum atomic E-state index is -3.87. The van der Waals surface area contributed by atoms with Crippen LogP contribution in [0.4, 0.5) is 0 Å². The number of sulfonamides is 1. The monoisotopic (exact) mass is 504 g/mol. The van der Waals surface area contributed by atoms with Gasteiger partial charge in [0.05, 0.1) is 16.2 Å². The van der Waals surface area contributed by atoms with Gasteiger partial charge < -0.3 is 9.30 Å². The Morgan fingerprint density at radius 2 is 1.71 bits per heavy atom. The number of aryl methyl sites for hydroxylation is 1. The Kier molecular flexibility index (Phi) is 7.43. The molecule has 1 heterocycles. The van der Waals surface area contributed by atoms with E-state index in [4.69, 9.17) is 4.74 Å². The number of allylic oxidation sites excluding steroid dienone is 1. The molecule has 0 N–H and O–H groups in total. The summed E-state index contributed by atoms with van der Waals surface area (Å²) < 4.78 is 37.2. The molecular formula is C27H24N2O4S2. The molecule has 0 aliphatic rings. The van der Waals surface area contributed by atoms with Crippen molar-refractivity contribution < 1.29 is 17.9 Å². The third-order valence-corrected chi connectivity index (χ3v) is 7.57. The standard InChI is InChI=1S/C27H24N2O4S2/c1-3-18-29-25(19-34-27(29)28-35(31,32)24-16-10-20(4-2)11-17-24)21-12-14-23(15-13-21)33-26(30)22-8-6-5-7-9-22/h3,5-17,19H,1,4,18H2,2H3. The van der Waals surface area contributed by atoms with Crippen molar-refractivity contribution in [1.29, 1.82) is 0 Å². The molecule has 6 nitrogen and oxygen atoms in total. The summed E-state index contributed by atoms with van der Waals surface area (Å²) in [6.45, 7) is 6.19. The van der Waals surface area contributed by atoms with Gasteiger partial charge in [0.2, 0.25) is 4.80 Å². The van der Waals surface area contributed by atoms with Gasteiger partial charge in [0.15, 0.2) is 0 Å². The van der Waals surface area contributed by atoms with Gasteiger partial charge in [-0.3, -0.25) is 0 Å². The summed E-state index contributed by atoms with van der Waals surface area (Å²) in [5.41, 5.74) is 3.14. The molecule has 0 fully saturated rings. The predicted molar refractivity (Wildman–Crippen MR) is 138 cm³/mol. The van der Waals surface area contributed by atoms with E-state index in [1.165, 1.54) is 11.3 Å². The fourth-order valence-corrected chi connectivity index (χ4v) is 5.56. The fourth-order valence-electron chi connectivity index (χ4n) is 3.43. The van der Waals surface area contributed by atoms with Crippen molar-refractivity contribution in [2.75, 3.05) is 0 Å². The molecule has 8 heteroatoms. The van der Waals surface area contributed by atoms with E-state index in [1.807, 2.05) is 30.5 Å². The lowest BCUT2D eigenvalue weighted by molar-refractivity contribution is 0.0734. The minimum Gasteiger partial charge on any atom is -0.423 e. The van der Waals surface area contributed by atoms with Gasteiger partial charge in [-0.25, -0.2) is 4.79 Å². The molecule has 0 spiro atoms. The molecule has 0 aliphatic carbocycles. The van der Waals surface area contributed by atoms with Gasteiger partial charge in [-0.15, -0.1) is 22.3 Å². The number of hydrogen-bond acceptors (Lipinski definition) is 5. The predicted octanol–water partition coefficient (Wildman–Crippen LogP) is 5.47. The van der Waals surface area contributed by atoms with Crippen LogP contribution < -0.4 is 9.54 Å². The first kappa shape index (κ1) is 24.4. The summed E-state index contributed by atoms with van der Waals surface area (Å²) in [5, 5.41) is 1.85. The summed E-state index contributed by atoms with van der Waals surface area (Å²) in [6, 6.07) is 22.6. The van der Waals surface area contributed by atoms with Crippen molar-refractivity contribution in [2.24, 2.45) is 4.40 Å². The largest absolute Gasteiger partial charge is 0.423 e. The van der Waals surface area contributed by atoms with Crippen molar-refractivity contribution in [3.8, 4) is 17.0 Å². The smallest absolute Gasteiger partial charge is 0.343 e. The molecule has 0 saturated carbocycles. The molecule has 0 saturated heterocycles. The quantitative estimate of drug-likeness (QED) is 0.181. The fraction of sp³-hybridized carbons (Fsp3) is 0.111. The van der Waals surface area contributed by atoms with Crippen molar-refractivity contribution in [1.82, 2.24) is 4.57 Å². The lowest BCUT2D eigenvalue weighted by atomic mass is 10.1. The van der Waals surface area contributed by atoms with Crippen LogP contribution in [-0.4, -0.2) is 19.0 Å². The molecule has 3 aromatic carbocycles. The van der Waals surface area contributed by atoms with E-state index in [-0.39, 0.29) is 4.90 Å². The molecule has 0 bridgehead atoms. The average Bonchev–Trinajstić information content (AvgIpc) is 3.26. The third kappa shape index (κ3) is 5.67. The lowest BCUT2D eigenvalue weighted by Crippen LogP contribution is -2.17. The zero-order chi connectivity index (χ0) is 24.8. The normalized spacial score (nSPS) is 11.9. The number of aromatic nitrogens is 1. The Hall–Kier alpha value is -3.75. The molecule has 4 aromatic rings. The number of esters is 1. The van der Waals surface area contributed by atoms with Gasteiger partial charge >= 0.3 is 5.97 Å². The SMILES string of the molecule is C=CCn1c(-c2ccc(OC(=O)c3ccccc3)cc2)csc1=NS(=O)(=O)c1ccc(CC)cc1. The summed E-state index contributed by atoms with van der Waals surface area (Å²) in [7, 11) is -3.87. The summed E-state index contributed by atoms with van der Waals surface area (Å²) in [6.07, 6.45) is 2.52. The molecule has 4 rings (SSSR count). The zero-order valence-corrected chi connectivity index (χ0v) is 20.8. The summed E-state index contributed by atoms with van der Waals surface area (Å²) in [4.78, 5) is 12.8. The van der Waals surface area contributed by atoms with E-state index >= 15 is 0 Å². The van der Waals surface area contributed by atoms with Gasteiger partial charge in [-0.05, 0) is 66.1 Å². The second-order valence-electron chi connectivity index (χ2n) is 7.65. The van der Waals surface area contributed by atoms with Gasteiger partial charge in [-0.2, -0.15) is 8.42 Å². The van der Waals surface area contributed by atoms with Crippen LogP contribution in [-0.2, 0) is 23.0 Å². The topological polar surface area (TPSA) is 77.7 Å². The van der Waals surface area contributed by atoms with E-state index in [9.17, 15) is 13.2 Å². The molecule has 0 aliphatic heterocycles. The lowest BCUT2D eigenvalue weighted by Gasteiger charge is -2.08. The molecule has 0 atom stereocenters. The van der Waals surface area contributed by atoms with Crippen molar-refractivity contribution in [2.45, 2.75) is 24.8 Å². The number of hydrogen-bond donors (Lipinski definition) is 0. The van der Waals surface area contributed by atoms with Crippen LogP contribution >= 0.6 is 11.3 Å². The molecular weight excluding hydrogens is 480 g/mol. The number of benzene rings is 3. The second kappa shape index (κ2) is 10.7. The highest BCUT2D eigenvalue weighted by Crippen LogP contribution is 2.24. The Bertz CT molecular complexity index is 1500. The molecule has 0 amide bonds.